The van der Waals surface area contributed by atoms with Gasteiger partial charge in [-0.25, -0.2) is 0 Å². The van der Waals surface area contributed by atoms with E-state index in [1.54, 1.807) is 14.0 Å². The van der Waals surface area contributed by atoms with Crippen molar-refractivity contribution >= 4 is 11.6 Å². The fourth-order valence-electron chi connectivity index (χ4n) is 4.76. The van der Waals surface area contributed by atoms with Crippen LogP contribution in [0.3, 0.4) is 0 Å². The Morgan fingerprint density at radius 3 is 2.47 bits per heavy atom. The average Bonchev–Trinajstić information content (AvgIpc) is 3.34. The van der Waals surface area contributed by atoms with E-state index < -0.39 is 0 Å². The smallest absolute Gasteiger partial charge is 0.231 e. The molecular weight excluding hydrogens is 430 g/mol. The van der Waals surface area contributed by atoms with E-state index in [1.165, 1.54) is 18.4 Å². The highest BCUT2D eigenvalue weighted by Crippen LogP contribution is 2.35. The first-order chi connectivity index (χ1) is 16.5. The molecule has 4 rings (SSSR count). The number of amides is 1. The van der Waals surface area contributed by atoms with Crippen LogP contribution in [0, 0.1) is 0 Å². The zero-order valence-corrected chi connectivity index (χ0v) is 20.5. The van der Waals surface area contributed by atoms with Gasteiger partial charge in [0, 0.05) is 45.5 Å². The number of anilines is 1. The SMILES string of the molecule is CCO.COc1ccc(N2CCN(CC(N)=O)[C@@H](Cc3ccccc3)C2)cc1OC1CCCC1.[HH]. The fourth-order valence-corrected chi connectivity index (χ4v) is 4.76. The van der Waals surface area contributed by atoms with E-state index >= 15 is 0 Å². The van der Waals surface area contributed by atoms with Crippen LogP contribution in [0.2, 0.25) is 0 Å². The van der Waals surface area contributed by atoms with E-state index in [2.05, 4.69) is 46.2 Å². The van der Waals surface area contributed by atoms with Crippen molar-refractivity contribution in [1.82, 2.24) is 4.90 Å². The van der Waals surface area contributed by atoms with Crippen LogP contribution in [0.15, 0.2) is 48.5 Å². The molecule has 3 N–H and O–H groups in total. The standard InChI is InChI=1S/C25H33N3O3.C2H6O.H2/c1-30-23-12-11-20(16-24(23)31-22-9-5-6-10-22)27-13-14-28(18-25(26)29)21(17-27)15-19-7-3-2-4-8-19;1-2-3;/h2-4,7-8,11-12,16,21-22H,5-6,9-10,13-15,17-18H2,1H3,(H2,26,29);3H,2H2,1H3;1H/t21-;;/m0../s1. The van der Waals surface area contributed by atoms with Crippen LogP contribution in [0.4, 0.5) is 5.69 Å². The lowest BCUT2D eigenvalue weighted by Crippen LogP contribution is -2.56. The summed E-state index contributed by atoms with van der Waals surface area (Å²) in [6.07, 6.45) is 5.84. The molecule has 188 valence electrons. The van der Waals surface area contributed by atoms with Gasteiger partial charge in [-0.2, -0.15) is 0 Å². The van der Waals surface area contributed by atoms with Gasteiger partial charge in [0.1, 0.15) is 0 Å². The normalized spacial score (nSPS) is 18.8. The third-order valence-corrected chi connectivity index (χ3v) is 6.39. The maximum Gasteiger partial charge on any atom is 0.231 e. The Labute approximate surface area is 204 Å². The maximum absolute atomic E-state index is 11.6. The monoisotopic (exact) mass is 471 g/mol. The molecule has 7 nitrogen and oxygen atoms in total. The van der Waals surface area contributed by atoms with Crippen LogP contribution >= 0.6 is 0 Å². The van der Waals surface area contributed by atoms with Crippen LogP contribution in [0.1, 0.15) is 39.6 Å². The number of nitrogens with zero attached hydrogens (tertiary/aromatic N) is 2. The largest absolute Gasteiger partial charge is 0.493 e. The van der Waals surface area contributed by atoms with Crippen LogP contribution in [0.25, 0.3) is 0 Å². The van der Waals surface area contributed by atoms with Crippen LogP contribution in [-0.2, 0) is 11.2 Å². The minimum atomic E-state index is -0.275. The third kappa shape index (κ3) is 7.37. The second kappa shape index (κ2) is 13.2. The molecule has 34 heavy (non-hydrogen) atoms. The Hall–Kier alpha value is -2.77. The predicted octanol–water partition coefficient (Wildman–Crippen LogP) is 3.48. The van der Waals surface area contributed by atoms with Crippen LogP contribution in [0.5, 0.6) is 11.5 Å². The van der Waals surface area contributed by atoms with E-state index in [9.17, 15) is 4.79 Å². The zero-order chi connectivity index (χ0) is 24.3. The molecule has 1 saturated carbocycles. The molecule has 0 radical (unpaired) electrons. The predicted molar refractivity (Wildman–Crippen MR) is 138 cm³/mol. The van der Waals surface area contributed by atoms with Crippen molar-refractivity contribution in [2.75, 3.05) is 44.8 Å². The molecule has 2 fully saturated rings. The summed E-state index contributed by atoms with van der Waals surface area (Å²) in [6, 6.07) is 16.9. The number of aliphatic hydroxyl groups excluding tert-OH is 1. The summed E-state index contributed by atoms with van der Waals surface area (Å²) in [7, 11) is 1.69. The number of carbonyl (C=O) groups is 1. The lowest BCUT2D eigenvalue weighted by atomic mass is 10.0. The number of aliphatic hydroxyl groups is 1. The number of piperazine rings is 1. The Bertz CT molecular complexity index is 893. The molecule has 2 aromatic carbocycles. The van der Waals surface area contributed by atoms with E-state index in [-0.39, 0.29) is 26.1 Å². The van der Waals surface area contributed by atoms with Gasteiger partial charge in [-0.3, -0.25) is 9.69 Å². The van der Waals surface area contributed by atoms with Crippen molar-refractivity contribution in [3.05, 3.63) is 54.1 Å². The van der Waals surface area contributed by atoms with Gasteiger partial charge in [-0.15, -0.1) is 0 Å². The van der Waals surface area contributed by atoms with E-state index in [4.69, 9.17) is 20.3 Å². The first kappa shape index (κ1) is 25.8. The van der Waals surface area contributed by atoms with Crippen molar-refractivity contribution in [1.29, 1.82) is 0 Å². The molecule has 2 aliphatic rings. The summed E-state index contributed by atoms with van der Waals surface area (Å²) >= 11 is 0. The lowest BCUT2D eigenvalue weighted by molar-refractivity contribution is -0.119. The molecule has 0 aromatic heterocycles. The highest BCUT2D eigenvalue weighted by molar-refractivity contribution is 5.76. The van der Waals surface area contributed by atoms with Gasteiger partial charge in [0.05, 0.1) is 19.8 Å². The number of carbonyl (C=O) groups excluding carboxylic acids is 1. The molecular formula is C27H41N3O4. The second-order valence-corrected chi connectivity index (χ2v) is 8.90. The van der Waals surface area contributed by atoms with Gasteiger partial charge in [0.2, 0.25) is 5.91 Å². The van der Waals surface area contributed by atoms with Crippen molar-refractivity contribution in [2.45, 2.75) is 51.2 Å². The van der Waals surface area contributed by atoms with Gasteiger partial charge in [-0.05, 0) is 56.7 Å². The Morgan fingerprint density at radius 1 is 1.12 bits per heavy atom. The Kier molecular flexibility index (Phi) is 10.0. The molecule has 0 bridgehead atoms. The van der Waals surface area contributed by atoms with Gasteiger partial charge >= 0.3 is 0 Å². The summed E-state index contributed by atoms with van der Waals surface area (Å²) in [6.45, 7) is 4.69. The molecule has 2 aromatic rings. The van der Waals surface area contributed by atoms with Crippen LogP contribution < -0.4 is 20.1 Å². The lowest BCUT2D eigenvalue weighted by Gasteiger charge is -2.42. The molecule has 0 unspecified atom stereocenters. The topological polar surface area (TPSA) is 88.3 Å². The minimum absolute atomic E-state index is 0. The first-order valence-corrected chi connectivity index (χ1v) is 12.3. The van der Waals surface area contributed by atoms with Crippen molar-refractivity contribution in [3.63, 3.8) is 0 Å². The van der Waals surface area contributed by atoms with Crippen LogP contribution in [-0.4, -0.2) is 68.0 Å². The minimum Gasteiger partial charge on any atom is -0.493 e. The number of nitrogens with two attached hydrogens (primary N) is 1. The van der Waals surface area contributed by atoms with Crippen molar-refractivity contribution in [3.8, 4) is 11.5 Å². The van der Waals surface area contributed by atoms with Crippen molar-refractivity contribution in [2.24, 2.45) is 5.73 Å². The molecule has 1 saturated heterocycles. The highest BCUT2D eigenvalue weighted by Gasteiger charge is 2.29. The molecule has 1 aliphatic carbocycles. The summed E-state index contributed by atoms with van der Waals surface area (Å²) in [4.78, 5) is 16.2. The molecule has 1 amide bonds. The average molecular weight is 472 g/mol. The number of hydrogen-bond donors (Lipinski definition) is 2. The third-order valence-electron chi connectivity index (χ3n) is 6.39. The molecule has 0 spiro atoms. The zero-order valence-electron chi connectivity index (χ0n) is 20.5. The van der Waals surface area contributed by atoms with E-state index in [0.29, 0.717) is 6.54 Å². The van der Waals surface area contributed by atoms with Gasteiger partial charge in [0.25, 0.3) is 0 Å². The number of primary amides is 1. The summed E-state index contributed by atoms with van der Waals surface area (Å²) < 4.78 is 11.9. The molecule has 1 heterocycles. The highest BCUT2D eigenvalue weighted by atomic mass is 16.5. The number of hydrogen-bond acceptors (Lipinski definition) is 6. The summed E-state index contributed by atoms with van der Waals surface area (Å²) in [5, 5.41) is 7.57. The summed E-state index contributed by atoms with van der Waals surface area (Å²) in [5.41, 5.74) is 7.93. The Balaban J connectivity index is 0.00000103. The molecule has 7 heteroatoms. The fraction of sp³-hybridized carbons (Fsp3) is 0.519. The number of benzene rings is 2. The number of ether oxygens (including phenoxy) is 2. The molecule has 1 aliphatic heterocycles. The summed E-state index contributed by atoms with van der Waals surface area (Å²) in [5.74, 6) is 1.33. The molecule has 1 atom stereocenters. The van der Waals surface area contributed by atoms with E-state index in [1.807, 2.05) is 12.1 Å². The van der Waals surface area contributed by atoms with Gasteiger partial charge in [-0.1, -0.05) is 30.3 Å². The number of methoxy groups -OCH3 is 1. The van der Waals surface area contributed by atoms with Gasteiger partial charge in [0.15, 0.2) is 11.5 Å². The Morgan fingerprint density at radius 2 is 1.82 bits per heavy atom. The quantitative estimate of drug-likeness (QED) is 0.613. The second-order valence-electron chi connectivity index (χ2n) is 8.90. The van der Waals surface area contributed by atoms with E-state index in [0.717, 1.165) is 56.1 Å². The van der Waals surface area contributed by atoms with Gasteiger partial charge < -0.3 is 25.2 Å². The maximum atomic E-state index is 11.6. The van der Waals surface area contributed by atoms with Crippen molar-refractivity contribution < 1.29 is 20.8 Å². The first-order valence-electron chi connectivity index (χ1n) is 12.3. The number of rotatable bonds is 8.